The van der Waals surface area contributed by atoms with Crippen molar-refractivity contribution in [2.45, 2.75) is 5.38 Å². The summed E-state index contributed by atoms with van der Waals surface area (Å²) < 4.78 is 24.6. The number of alkyl halides is 3. The van der Waals surface area contributed by atoms with E-state index in [0.29, 0.717) is 0 Å². The third-order valence-corrected chi connectivity index (χ3v) is 1.39. The van der Waals surface area contributed by atoms with E-state index in [9.17, 15) is 8.78 Å². The van der Waals surface area contributed by atoms with Crippen molar-refractivity contribution in [1.82, 2.24) is 0 Å². The van der Waals surface area contributed by atoms with E-state index < -0.39 is 10.9 Å². The Bertz CT molecular complexity index is 257. The molecule has 0 atom stereocenters. The van der Waals surface area contributed by atoms with Gasteiger partial charge in [-0.1, -0.05) is 12.1 Å². The van der Waals surface area contributed by atoms with Gasteiger partial charge in [0.1, 0.15) is 5.75 Å². The van der Waals surface area contributed by atoms with E-state index in [-0.39, 0.29) is 5.75 Å². The molecule has 0 heterocycles. The van der Waals surface area contributed by atoms with Crippen LogP contribution in [0.1, 0.15) is 5.56 Å². The fourth-order valence-electron chi connectivity index (χ4n) is 0.682. The van der Waals surface area contributed by atoms with Crippen molar-refractivity contribution in [3.63, 3.8) is 0 Å². The minimum Gasteiger partial charge on any atom is -0.508 e. The number of benzene rings is 1. The van der Waals surface area contributed by atoms with Gasteiger partial charge in [-0.3, -0.25) is 0 Å². The first kappa shape index (κ1) is 8.27. The van der Waals surface area contributed by atoms with E-state index in [0.717, 1.165) is 12.1 Å². The Morgan fingerprint density at radius 1 is 1.36 bits per heavy atom. The number of phenols is 1. The van der Waals surface area contributed by atoms with Gasteiger partial charge in [0.05, 0.1) is 0 Å². The molecule has 1 nitrogen and oxygen atoms in total. The molecule has 0 spiro atoms. The molecular weight excluding hydrogens is 174 g/mol. The number of halogens is 3. The van der Waals surface area contributed by atoms with E-state index in [2.05, 4.69) is 11.6 Å². The van der Waals surface area contributed by atoms with Crippen LogP contribution in [0.15, 0.2) is 24.3 Å². The van der Waals surface area contributed by atoms with Crippen LogP contribution in [0.4, 0.5) is 8.78 Å². The minimum absolute atomic E-state index is 0.220. The van der Waals surface area contributed by atoms with Crippen LogP contribution in [-0.4, -0.2) is 5.11 Å². The van der Waals surface area contributed by atoms with Gasteiger partial charge in [-0.15, -0.1) is 0 Å². The second kappa shape index (κ2) is 2.66. The van der Waals surface area contributed by atoms with Gasteiger partial charge < -0.3 is 5.11 Å². The highest BCUT2D eigenvalue weighted by Gasteiger charge is 2.27. The Hall–Kier alpha value is -0.830. The smallest absolute Gasteiger partial charge is 0.348 e. The quantitative estimate of drug-likeness (QED) is 0.656. The Labute approximate surface area is 67.2 Å². The van der Waals surface area contributed by atoms with Gasteiger partial charge in [-0.25, -0.2) is 0 Å². The van der Waals surface area contributed by atoms with Crippen molar-refractivity contribution in [3.8, 4) is 5.75 Å². The SMILES string of the molecule is Oc1cccc(C(F)(F)Cl)c1. The summed E-state index contributed by atoms with van der Waals surface area (Å²) in [6, 6.07) is 4.67. The zero-order valence-electron chi connectivity index (χ0n) is 5.39. The Morgan fingerprint density at radius 2 is 2.00 bits per heavy atom. The standard InChI is InChI=1S/C7H5ClF2O/c8-7(9,10)5-2-1-3-6(11)4-5/h1-4,11H. The predicted molar refractivity (Wildman–Crippen MR) is 37.9 cm³/mol. The molecule has 4 heteroatoms. The molecule has 0 bridgehead atoms. The number of aromatic hydroxyl groups is 1. The third kappa shape index (κ3) is 2.05. The molecule has 1 aromatic carbocycles. The lowest BCUT2D eigenvalue weighted by Gasteiger charge is -2.06. The molecule has 0 radical (unpaired) electrons. The molecule has 0 aliphatic rings. The molecule has 0 saturated heterocycles. The van der Waals surface area contributed by atoms with Gasteiger partial charge in [-0.2, -0.15) is 8.78 Å². The van der Waals surface area contributed by atoms with Crippen molar-refractivity contribution in [3.05, 3.63) is 29.8 Å². The molecule has 0 unspecified atom stereocenters. The van der Waals surface area contributed by atoms with E-state index in [4.69, 9.17) is 5.11 Å². The summed E-state index contributed by atoms with van der Waals surface area (Å²) >= 11 is 4.69. The van der Waals surface area contributed by atoms with Gasteiger partial charge in [0, 0.05) is 5.56 Å². The number of hydrogen-bond donors (Lipinski definition) is 1. The molecule has 1 aromatic rings. The van der Waals surface area contributed by atoms with Crippen LogP contribution < -0.4 is 0 Å². The van der Waals surface area contributed by atoms with E-state index >= 15 is 0 Å². The zero-order chi connectivity index (χ0) is 8.48. The van der Waals surface area contributed by atoms with Crippen molar-refractivity contribution in [1.29, 1.82) is 0 Å². The van der Waals surface area contributed by atoms with Gasteiger partial charge in [-0.05, 0) is 23.7 Å². The normalized spacial score (nSPS) is 11.5. The van der Waals surface area contributed by atoms with Gasteiger partial charge in [0.2, 0.25) is 0 Å². The zero-order valence-corrected chi connectivity index (χ0v) is 6.15. The highest BCUT2D eigenvalue weighted by atomic mass is 35.5. The average molecular weight is 179 g/mol. The van der Waals surface area contributed by atoms with Crippen molar-refractivity contribution < 1.29 is 13.9 Å². The van der Waals surface area contributed by atoms with Crippen LogP contribution in [-0.2, 0) is 5.38 Å². The first-order valence-corrected chi connectivity index (χ1v) is 3.24. The second-order valence-electron chi connectivity index (χ2n) is 2.05. The maximum Gasteiger partial charge on any atom is 0.348 e. The van der Waals surface area contributed by atoms with Crippen LogP contribution in [0, 0.1) is 0 Å². The molecule has 1 rings (SSSR count). The molecule has 1 N–H and O–H groups in total. The van der Waals surface area contributed by atoms with Crippen LogP contribution in [0.25, 0.3) is 0 Å². The first-order valence-electron chi connectivity index (χ1n) is 2.86. The largest absolute Gasteiger partial charge is 0.508 e. The number of phenolic OH excluding ortho intramolecular Hbond substituents is 1. The van der Waals surface area contributed by atoms with E-state index in [1.165, 1.54) is 12.1 Å². The summed E-state index contributed by atoms with van der Waals surface area (Å²) in [6.07, 6.45) is 0. The summed E-state index contributed by atoms with van der Waals surface area (Å²) in [7, 11) is 0. The molecule has 0 fully saturated rings. The summed E-state index contributed by atoms with van der Waals surface area (Å²) in [5.41, 5.74) is -0.404. The molecular formula is C7H5ClF2O. The van der Waals surface area contributed by atoms with Gasteiger partial charge >= 0.3 is 5.38 Å². The lowest BCUT2D eigenvalue weighted by atomic mass is 10.2. The third-order valence-electron chi connectivity index (χ3n) is 1.17. The predicted octanol–water partition coefficient (Wildman–Crippen LogP) is 2.68. The minimum atomic E-state index is -3.40. The summed E-state index contributed by atoms with van der Waals surface area (Å²) in [5, 5.41) is 5.38. The highest BCUT2D eigenvalue weighted by Crippen LogP contribution is 2.33. The first-order chi connectivity index (χ1) is 5.00. The van der Waals surface area contributed by atoms with Gasteiger partial charge in [0.25, 0.3) is 0 Å². The van der Waals surface area contributed by atoms with Crippen LogP contribution >= 0.6 is 11.6 Å². The summed E-state index contributed by atoms with van der Waals surface area (Å²) in [5.74, 6) is -0.220. The maximum absolute atomic E-state index is 12.3. The van der Waals surface area contributed by atoms with Crippen molar-refractivity contribution in [2.24, 2.45) is 0 Å². The molecule has 60 valence electrons. The van der Waals surface area contributed by atoms with Crippen molar-refractivity contribution >= 4 is 11.6 Å². The fraction of sp³-hybridized carbons (Fsp3) is 0.143. The fourth-order valence-corrected chi connectivity index (χ4v) is 0.800. The number of rotatable bonds is 1. The molecule has 0 aromatic heterocycles. The van der Waals surface area contributed by atoms with Crippen molar-refractivity contribution in [2.75, 3.05) is 0 Å². The maximum atomic E-state index is 12.3. The summed E-state index contributed by atoms with van der Waals surface area (Å²) in [4.78, 5) is 0. The molecule has 0 saturated carbocycles. The Kier molecular flexibility index (Phi) is 2.00. The van der Waals surface area contributed by atoms with Crippen LogP contribution in [0.2, 0.25) is 0 Å². The van der Waals surface area contributed by atoms with Crippen LogP contribution in [0.3, 0.4) is 0 Å². The summed E-state index contributed by atoms with van der Waals surface area (Å²) in [6.45, 7) is 0. The topological polar surface area (TPSA) is 20.2 Å². The Balaban J connectivity index is 3.06. The van der Waals surface area contributed by atoms with E-state index in [1.807, 2.05) is 0 Å². The molecule has 0 aliphatic carbocycles. The van der Waals surface area contributed by atoms with Gasteiger partial charge in [0.15, 0.2) is 0 Å². The van der Waals surface area contributed by atoms with Crippen LogP contribution in [0.5, 0.6) is 5.75 Å². The molecule has 0 aliphatic heterocycles. The lowest BCUT2D eigenvalue weighted by molar-refractivity contribution is 0.0948. The second-order valence-corrected chi connectivity index (χ2v) is 2.52. The molecule has 0 amide bonds. The molecule has 11 heavy (non-hydrogen) atoms. The number of hydrogen-bond acceptors (Lipinski definition) is 1. The average Bonchev–Trinajstić information content (AvgIpc) is 1.86. The monoisotopic (exact) mass is 178 g/mol. The van der Waals surface area contributed by atoms with E-state index in [1.54, 1.807) is 0 Å². The lowest BCUT2D eigenvalue weighted by Crippen LogP contribution is -2.01. The Morgan fingerprint density at radius 3 is 2.36 bits per heavy atom. The highest BCUT2D eigenvalue weighted by molar-refractivity contribution is 6.21.